The predicted octanol–water partition coefficient (Wildman–Crippen LogP) is 2.34. The monoisotopic (exact) mass is 465 g/mol. The topological polar surface area (TPSA) is 123 Å². The number of nitrogen functional groups attached to an aromatic ring is 2. The van der Waals surface area contributed by atoms with Gasteiger partial charge >= 0.3 is 0 Å². The van der Waals surface area contributed by atoms with E-state index in [0.29, 0.717) is 29.9 Å². The number of amides is 1. The fourth-order valence-corrected chi connectivity index (χ4v) is 5.06. The first-order valence-corrected chi connectivity index (χ1v) is 12.0. The molecule has 4 N–H and O–H groups in total. The summed E-state index contributed by atoms with van der Waals surface area (Å²) in [5.74, 6) is 1.77. The predicted molar refractivity (Wildman–Crippen MR) is 133 cm³/mol. The molecule has 0 spiro atoms. The van der Waals surface area contributed by atoms with Gasteiger partial charge in [-0.2, -0.15) is 0 Å². The molecule has 0 aromatic carbocycles. The third-order valence-corrected chi connectivity index (χ3v) is 6.91. The maximum absolute atomic E-state index is 13.2. The Hall–Kier alpha value is -3.20. The van der Waals surface area contributed by atoms with Gasteiger partial charge < -0.3 is 21.2 Å². The third kappa shape index (κ3) is 6.22. The molecule has 0 aliphatic carbocycles. The van der Waals surface area contributed by atoms with E-state index in [0.717, 1.165) is 69.7 Å². The maximum Gasteiger partial charge on any atom is 0.225 e. The van der Waals surface area contributed by atoms with Crippen LogP contribution in [0.15, 0.2) is 41.8 Å². The van der Waals surface area contributed by atoms with E-state index in [1.165, 1.54) is 5.56 Å². The molecule has 9 heteroatoms. The number of nitrogens with two attached hydrogens (primary N) is 2. The number of piperidine rings is 2. The lowest BCUT2D eigenvalue weighted by molar-refractivity contribution is -0.138. The van der Waals surface area contributed by atoms with Crippen LogP contribution in [0.25, 0.3) is 0 Å². The van der Waals surface area contributed by atoms with Crippen molar-refractivity contribution >= 4 is 23.3 Å². The van der Waals surface area contributed by atoms with E-state index in [9.17, 15) is 4.79 Å². The smallest absolute Gasteiger partial charge is 0.225 e. The summed E-state index contributed by atoms with van der Waals surface area (Å²) >= 11 is 0. The molecule has 0 radical (unpaired) electrons. The highest BCUT2D eigenvalue weighted by atomic mass is 16.6. The van der Waals surface area contributed by atoms with E-state index in [-0.39, 0.29) is 5.92 Å². The van der Waals surface area contributed by atoms with E-state index in [1.807, 2.05) is 24.3 Å². The van der Waals surface area contributed by atoms with Gasteiger partial charge in [0.1, 0.15) is 18.7 Å². The minimum absolute atomic E-state index is 0.113. The zero-order chi connectivity index (χ0) is 23.9. The fraction of sp³-hybridized carbons (Fsp3) is 0.520. The van der Waals surface area contributed by atoms with Crippen LogP contribution in [0.5, 0.6) is 0 Å². The normalized spacial score (nSPS) is 18.7. The van der Waals surface area contributed by atoms with Gasteiger partial charge in [-0.1, -0.05) is 5.16 Å². The molecular formula is C25H35N7O2. The van der Waals surface area contributed by atoms with Crippen molar-refractivity contribution in [1.29, 1.82) is 0 Å². The van der Waals surface area contributed by atoms with Crippen molar-refractivity contribution in [2.75, 3.05) is 44.8 Å². The molecule has 2 aliphatic heterocycles. The average molecular weight is 466 g/mol. The number of hydrogen-bond acceptors (Lipinski definition) is 8. The molecule has 2 aliphatic rings. The summed E-state index contributed by atoms with van der Waals surface area (Å²) in [6, 6.07) is 7.75. The van der Waals surface area contributed by atoms with Gasteiger partial charge in [0.15, 0.2) is 0 Å². The van der Waals surface area contributed by atoms with Crippen LogP contribution in [-0.2, 0) is 22.6 Å². The number of carbonyl (C=O) groups excluding carboxylic acids is 1. The van der Waals surface area contributed by atoms with Gasteiger partial charge in [0.25, 0.3) is 0 Å². The Kier molecular flexibility index (Phi) is 7.95. The second-order valence-corrected chi connectivity index (χ2v) is 9.27. The first kappa shape index (κ1) is 23.9. The fourth-order valence-electron chi connectivity index (χ4n) is 5.06. The Bertz CT molecular complexity index is 996. The summed E-state index contributed by atoms with van der Waals surface area (Å²) in [7, 11) is 1.58. The lowest BCUT2D eigenvalue weighted by atomic mass is 9.87. The van der Waals surface area contributed by atoms with Gasteiger partial charge in [0.2, 0.25) is 5.91 Å². The number of pyridine rings is 2. The van der Waals surface area contributed by atoms with E-state index in [2.05, 4.69) is 24.9 Å². The second-order valence-electron chi connectivity index (χ2n) is 9.27. The molecule has 4 heterocycles. The zero-order valence-electron chi connectivity index (χ0n) is 19.9. The van der Waals surface area contributed by atoms with Gasteiger partial charge in [-0.15, -0.1) is 0 Å². The summed E-state index contributed by atoms with van der Waals surface area (Å²) in [5.41, 5.74) is 14.9. The number of aromatic nitrogens is 2. The Morgan fingerprint density at radius 2 is 1.56 bits per heavy atom. The molecule has 0 saturated carbocycles. The maximum atomic E-state index is 13.2. The molecule has 34 heavy (non-hydrogen) atoms. The van der Waals surface area contributed by atoms with Crippen LogP contribution in [0, 0.1) is 11.8 Å². The van der Waals surface area contributed by atoms with Crippen molar-refractivity contribution in [3.63, 3.8) is 0 Å². The SMILES string of the molecule is CO/N=C(\Cc1ccnc(N)c1)C1CCN(C(=O)C2CCN(Cc3ccnc(N)c3)CC2)CC1. The Morgan fingerprint density at radius 3 is 2.18 bits per heavy atom. The number of anilines is 2. The van der Waals surface area contributed by atoms with Crippen LogP contribution in [0.4, 0.5) is 11.6 Å². The number of oxime groups is 1. The van der Waals surface area contributed by atoms with E-state index in [1.54, 1.807) is 19.5 Å². The molecular weight excluding hydrogens is 430 g/mol. The summed E-state index contributed by atoms with van der Waals surface area (Å²) < 4.78 is 0. The molecule has 2 aromatic heterocycles. The molecule has 1 amide bonds. The molecule has 0 unspecified atom stereocenters. The number of likely N-dealkylation sites (tertiary alicyclic amines) is 2. The molecule has 2 saturated heterocycles. The van der Waals surface area contributed by atoms with Gasteiger partial charge in [0, 0.05) is 50.3 Å². The molecule has 2 fully saturated rings. The van der Waals surface area contributed by atoms with Gasteiger partial charge in [-0.05, 0) is 74.2 Å². The van der Waals surface area contributed by atoms with Gasteiger partial charge in [-0.25, -0.2) is 9.97 Å². The van der Waals surface area contributed by atoms with Crippen LogP contribution in [0.2, 0.25) is 0 Å². The first-order chi connectivity index (χ1) is 16.5. The van der Waals surface area contributed by atoms with Gasteiger partial charge in [-0.3, -0.25) is 9.69 Å². The standard InChI is InChI=1S/C25H35N7O2/c1-34-30-22(14-18-2-8-28-23(26)15-18)20-6-12-32(13-7-20)25(33)21-4-10-31(11-5-21)17-19-3-9-29-24(27)16-19/h2-3,8-9,15-16,20-21H,4-7,10-14,17H2,1H3,(H2,26,28)(H2,27,29)/b30-22+. The highest BCUT2D eigenvalue weighted by molar-refractivity contribution is 5.89. The quantitative estimate of drug-likeness (QED) is 0.475. The van der Waals surface area contributed by atoms with Crippen molar-refractivity contribution in [3.8, 4) is 0 Å². The second kappa shape index (κ2) is 11.3. The van der Waals surface area contributed by atoms with Crippen LogP contribution >= 0.6 is 0 Å². The van der Waals surface area contributed by atoms with Crippen LogP contribution < -0.4 is 11.5 Å². The third-order valence-electron chi connectivity index (χ3n) is 6.91. The molecule has 182 valence electrons. The average Bonchev–Trinajstić information content (AvgIpc) is 2.84. The molecule has 9 nitrogen and oxygen atoms in total. The largest absolute Gasteiger partial charge is 0.399 e. The highest BCUT2D eigenvalue weighted by Crippen LogP contribution is 2.26. The molecule has 0 atom stereocenters. The summed E-state index contributed by atoms with van der Waals surface area (Å²) in [6.07, 6.45) is 7.75. The number of hydrogen-bond donors (Lipinski definition) is 2. The van der Waals surface area contributed by atoms with Crippen molar-refractivity contribution in [2.24, 2.45) is 17.0 Å². The van der Waals surface area contributed by atoms with E-state index >= 15 is 0 Å². The van der Waals surface area contributed by atoms with Crippen molar-refractivity contribution in [1.82, 2.24) is 19.8 Å². The number of carbonyl (C=O) groups is 1. The highest BCUT2D eigenvalue weighted by Gasteiger charge is 2.32. The Balaban J connectivity index is 1.25. The minimum atomic E-state index is 0.113. The summed E-state index contributed by atoms with van der Waals surface area (Å²) in [4.78, 5) is 30.9. The van der Waals surface area contributed by atoms with E-state index in [4.69, 9.17) is 16.3 Å². The lowest BCUT2D eigenvalue weighted by Gasteiger charge is -2.37. The number of nitrogens with zero attached hydrogens (tertiary/aromatic N) is 5. The molecule has 4 rings (SSSR count). The molecule has 2 aromatic rings. The van der Waals surface area contributed by atoms with Gasteiger partial charge in [0.05, 0.1) is 5.71 Å². The Labute approximate surface area is 201 Å². The molecule has 0 bridgehead atoms. The zero-order valence-corrected chi connectivity index (χ0v) is 19.9. The van der Waals surface area contributed by atoms with Crippen LogP contribution in [-0.4, -0.2) is 64.7 Å². The van der Waals surface area contributed by atoms with Crippen molar-refractivity contribution in [2.45, 2.75) is 38.6 Å². The van der Waals surface area contributed by atoms with Crippen molar-refractivity contribution < 1.29 is 9.63 Å². The number of rotatable bonds is 7. The summed E-state index contributed by atoms with van der Waals surface area (Å²) in [5, 5.41) is 4.32. The summed E-state index contributed by atoms with van der Waals surface area (Å²) in [6.45, 7) is 4.23. The Morgan fingerprint density at radius 1 is 0.971 bits per heavy atom. The van der Waals surface area contributed by atoms with Crippen molar-refractivity contribution in [3.05, 3.63) is 47.8 Å². The minimum Gasteiger partial charge on any atom is -0.399 e. The van der Waals surface area contributed by atoms with Crippen LogP contribution in [0.1, 0.15) is 36.8 Å². The van der Waals surface area contributed by atoms with E-state index < -0.39 is 0 Å². The first-order valence-electron chi connectivity index (χ1n) is 12.0. The van der Waals surface area contributed by atoms with Crippen LogP contribution in [0.3, 0.4) is 0 Å². The lowest BCUT2D eigenvalue weighted by Crippen LogP contribution is -2.46.